The van der Waals surface area contributed by atoms with Gasteiger partial charge in [0.05, 0.1) is 12.2 Å². The van der Waals surface area contributed by atoms with Crippen LogP contribution in [-0.2, 0) is 0 Å². The first-order chi connectivity index (χ1) is 14.1. The third-order valence-corrected chi connectivity index (χ3v) is 4.87. The second-order valence-corrected chi connectivity index (χ2v) is 7.18. The van der Waals surface area contributed by atoms with Crippen molar-refractivity contribution < 1.29 is 14.3 Å². The minimum Gasteiger partial charge on any atom is -0.493 e. The number of hydrogen-bond acceptors (Lipinski definition) is 4. The van der Waals surface area contributed by atoms with Gasteiger partial charge in [0, 0.05) is 24.3 Å². The molecule has 2 N–H and O–H groups in total. The summed E-state index contributed by atoms with van der Waals surface area (Å²) in [6.45, 7) is 3.91. The SMILES string of the molecule is CCOc1ccccc1C(=O)NC(=S)Nc1cccc(C(=O)N2CCCCC2)c1. The first kappa shape index (κ1) is 20.8. The van der Waals surface area contributed by atoms with Crippen molar-refractivity contribution in [3.63, 3.8) is 0 Å². The Balaban J connectivity index is 1.63. The number of amides is 2. The zero-order chi connectivity index (χ0) is 20.6. The minimum atomic E-state index is -0.355. The van der Waals surface area contributed by atoms with Crippen molar-refractivity contribution >= 4 is 34.8 Å². The van der Waals surface area contributed by atoms with Gasteiger partial charge in [0.25, 0.3) is 11.8 Å². The number of likely N-dealkylation sites (tertiary alicyclic amines) is 1. The van der Waals surface area contributed by atoms with E-state index in [9.17, 15) is 9.59 Å². The van der Waals surface area contributed by atoms with Crippen molar-refractivity contribution in [2.24, 2.45) is 0 Å². The van der Waals surface area contributed by atoms with E-state index in [1.165, 1.54) is 6.42 Å². The molecule has 1 saturated heterocycles. The van der Waals surface area contributed by atoms with Gasteiger partial charge in [-0.3, -0.25) is 14.9 Å². The molecule has 0 bridgehead atoms. The van der Waals surface area contributed by atoms with Crippen LogP contribution >= 0.6 is 12.2 Å². The number of carbonyl (C=O) groups is 2. The lowest BCUT2D eigenvalue weighted by atomic mass is 10.1. The lowest BCUT2D eigenvalue weighted by molar-refractivity contribution is 0.0724. The Hall–Kier alpha value is -2.93. The lowest BCUT2D eigenvalue weighted by Gasteiger charge is -2.26. The van der Waals surface area contributed by atoms with Gasteiger partial charge in [0.1, 0.15) is 5.75 Å². The quantitative estimate of drug-likeness (QED) is 0.732. The molecule has 0 unspecified atom stereocenters. The highest BCUT2D eigenvalue weighted by molar-refractivity contribution is 7.80. The van der Waals surface area contributed by atoms with Gasteiger partial charge in [-0.05, 0) is 68.7 Å². The van der Waals surface area contributed by atoms with Crippen LogP contribution < -0.4 is 15.4 Å². The van der Waals surface area contributed by atoms with Crippen LogP contribution in [0.3, 0.4) is 0 Å². The fourth-order valence-electron chi connectivity index (χ4n) is 3.28. The van der Waals surface area contributed by atoms with Gasteiger partial charge >= 0.3 is 0 Å². The molecule has 29 heavy (non-hydrogen) atoms. The van der Waals surface area contributed by atoms with Crippen molar-refractivity contribution in [3.05, 3.63) is 59.7 Å². The number of thiocarbonyl (C=S) groups is 1. The molecule has 1 fully saturated rings. The normalized spacial score (nSPS) is 13.5. The van der Waals surface area contributed by atoms with E-state index < -0.39 is 0 Å². The topological polar surface area (TPSA) is 70.7 Å². The summed E-state index contributed by atoms with van der Waals surface area (Å²) in [4.78, 5) is 27.1. The Kier molecular flexibility index (Phi) is 7.19. The smallest absolute Gasteiger partial charge is 0.261 e. The average molecular weight is 412 g/mol. The summed E-state index contributed by atoms with van der Waals surface area (Å²) >= 11 is 5.28. The van der Waals surface area contributed by atoms with Crippen LogP contribution in [-0.4, -0.2) is 41.5 Å². The molecule has 2 aromatic carbocycles. The lowest BCUT2D eigenvalue weighted by Crippen LogP contribution is -2.36. The molecule has 0 saturated carbocycles. The Morgan fingerprint density at radius 2 is 1.83 bits per heavy atom. The van der Waals surface area contributed by atoms with Crippen LogP contribution in [0.15, 0.2) is 48.5 Å². The number of anilines is 1. The second-order valence-electron chi connectivity index (χ2n) is 6.77. The van der Waals surface area contributed by atoms with Gasteiger partial charge in [-0.1, -0.05) is 18.2 Å². The van der Waals surface area contributed by atoms with E-state index in [0.717, 1.165) is 25.9 Å². The van der Waals surface area contributed by atoms with Gasteiger partial charge in [-0.15, -0.1) is 0 Å². The molecule has 1 heterocycles. The maximum atomic E-state index is 12.7. The summed E-state index contributed by atoms with van der Waals surface area (Å²) in [5.74, 6) is 0.172. The van der Waals surface area contributed by atoms with Gasteiger partial charge < -0.3 is 15.0 Å². The first-order valence-electron chi connectivity index (χ1n) is 9.82. The monoisotopic (exact) mass is 411 g/mol. The minimum absolute atomic E-state index is 0.0222. The molecule has 1 aliphatic rings. The fourth-order valence-corrected chi connectivity index (χ4v) is 3.49. The zero-order valence-corrected chi connectivity index (χ0v) is 17.3. The number of nitrogens with zero attached hydrogens (tertiary/aromatic N) is 1. The van der Waals surface area contributed by atoms with Crippen LogP contribution in [0.5, 0.6) is 5.75 Å². The molecule has 2 amide bonds. The van der Waals surface area contributed by atoms with Gasteiger partial charge in [0.2, 0.25) is 0 Å². The molecule has 0 atom stereocenters. The predicted octanol–water partition coefficient (Wildman–Crippen LogP) is 3.84. The summed E-state index contributed by atoms with van der Waals surface area (Å²) in [5.41, 5.74) is 1.66. The summed E-state index contributed by atoms with van der Waals surface area (Å²) < 4.78 is 5.49. The van der Waals surface area contributed by atoms with Crippen LogP contribution in [0.4, 0.5) is 5.69 Å². The van der Waals surface area contributed by atoms with E-state index in [1.807, 2.05) is 17.9 Å². The first-order valence-corrected chi connectivity index (χ1v) is 10.2. The highest BCUT2D eigenvalue weighted by atomic mass is 32.1. The maximum Gasteiger partial charge on any atom is 0.261 e. The Labute approximate surface area is 176 Å². The van der Waals surface area contributed by atoms with Crippen molar-refractivity contribution in [1.82, 2.24) is 10.2 Å². The standard InChI is InChI=1S/C22H25N3O3S/c1-2-28-19-12-5-4-11-18(19)20(26)24-22(29)23-17-10-8-9-16(15-17)21(27)25-13-6-3-7-14-25/h4-5,8-12,15H,2-3,6-7,13-14H2,1H3,(H2,23,24,26,29). The fraction of sp³-hybridized carbons (Fsp3) is 0.318. The van der Waals surface area contributed by atoms with E-state index in [4.69, 9.17) is 17.0 Å². The van der Waals surface area contributed by atoms with Gasteiger partial charge in [0.15, 0.2) is 5.11 Å². The third-order valence-electron chi connectivity index (χ3n) is 4.67. The van der Waals surface area contributed by atoms with Gasteiger partial charge in [-0.2, -0.15) is 0 Å². The largest absolute Gasteiger partial charge is 0.493 e. The van der Waals surface area contributed by atoms with Crippen molar-refractivity contribution in [1.29, 1.82) is 0 Å². The van der Waals surface area contributed by atoms with Crippen molar-refractivity contribution in [2.75, 3.05) is 25.0 Å². The summed E-state index contributed by atoms with van der Waals surface area (Å²) in [7, 11) is 0. The number of carbonyl (C=O) groups excluding carboxylic acids is 2. The molecule has 2 aromatic rings. The molecule has 0 aliphatic carbocycles. The Morgan fingerprint density at radius 1 is 1.07 bits per heavy atom. The van der Waals surface area contributed by atoms with E-state index in [0.29, 0.717) is 29.2 Å². The number of rotatable bonds is 5. The molecule has 0 aromatic heterocycles. The molecule has 7 heteroatoms. The number of hydrogen-bond donors (Lipinski definition) is 2. The molecule has 0 spiro atoms. The molecule has 6 nitrogen and oxygen atoms in total. The maximum absolute atomic E-state index is 12.7. The van der Waals surface area contributed by atoms with E-state index in [-0.39, 0.29) is 16.9 Å². The van der Waals surface area contributed by atoms with E-state index in [2.05, 4.69) is 10.6 Å². The number of benzene rings is 2. The number of ether oxygens (including phenoxy) is 1. The van der Waals surface area contributed by atoms with Crippen molar-refractivity contribution in [3.8, 4) is 5.75 Å². The van der Waals surface area contributed by atoms with Gasteiger partial charge in [-0.25, -0.2) is 0 Å². The molecular formula is C22H25N3O3S. The van der Waals surface area contributed by atoms with Crippen LogP contribution in [0, 0.1) is 0 Å². The summed E-state index contributed by atoms with van der Waals surface area (Å²) in [6.07, 6.45) is 3.26. The molecule has 0 radical (unpaired) electrons. The molecule has 152 valence electrons. The second kappa shape index (κ2) is 10.0. The van der Waals surface area contributed by atoms with Crippen LogP contribution in [0.25, 0.3) is 0 Å². The van der Waals surface area contributed by atoms with Crippen LogP contribution in [0.2, 0.25) is 0 Å². The highest BCUT2D eigenvalue weighted by Gasteiger charge is 2.18. The van der Waals surface area contributed by atoms with E-state index >= 15 is 0 Å². The Bertz CT molecular complexity index is 894. The number of nitrogens with one attached hydrogen (secondary N) is 2. The summed E-state index contributed by atoms with van der Waals surface area (Å²) in [5, 5.41) is 5.80. The molecule has 3 rings (SSSR count). The number of para-hydroxylation sites is 1. The summed E-state index contributed by atoms with van der Waals surface area (Å²) in [6, 6.07) is 14.2. The molecular weight excluding hydrogens is 386 g/mol. The molecule has 1 aliphatic heterocycles. The number of piperidine rings is 1. The average Bonchev–Trinajstić information content (AvgIpc) is 2.74. The Morgan fingerprint density at radius 3 is 2.59 bits per heavy atom. The van der Waals surface area contributed by atoms with Crippen molar-refractivity contribution in [2.45, 2.75) is 26.2 Å². The highest BCUT2D eigenvalue weighted by Crippen LogP contribution is 2.19. The zero-order valence-electron chi connectivity index (χ0n) is 16.4. The van der Waals surface area contributed by atoms with E-state index in [1.54, 1.807) is 42.5 Å². The van der Waals surface area contributed by atoms with Crippen LogP contribution in [0.1, 0.15) is 46.9 Å². The predicted molar refractivity (Wildman–Crippen MR) is 117 cm³/mol. The third kappa shape index (κ3) is 5.54.